The highest BCUT2D eigenvalue weighted by Gasteiger charge is 2.42. The van der Waals surface area contributed by atoms with Crippen LogP contribution in [0.4, 0.5) is 17.1 Å². The van der Waals surface area contributed by atoms with Gasteiger partial charge in [-0.3, -0.25) is 0 Å². The van der Waals surface area contributed by atoms with Gasteiger partial charge >= 0.3 is 0 Å². The van der Waals surface area contributed by atoms with Crippen molar-refractivity contribution in [3.63, 3.8) is 0 Å². The fraction of sp³-hybridized carbons (Fsp3) is 0.111. The molecule has 0 unspecified atom stereocenters. The predicted octanol–water partition coefficient (Wildman–Crippen LogP) is 15.5. The van der Waals surface area contributed by atoms with Gasteiger partial charge in [-0.2, -0.15) is 0 Å². The van der Waals surface area contributed by atoms with Gasteiger partial charge in [-0.1, -0.05) is 162 Å². The molecule has 0 bridgehead atoms. The molecule has 0 N–H and O–H groups in total. The van der Waals surface area contributed by atoms with E-state index in [0.29, 0.717) is 0 Å². The molecular weight excluding hydrogens is 698 g/mol. The number of fused-ring (bicyclic) bond motifs is 6. The molecule has 272 valence electrons. The van der Waals surface area contributed by atoms with Crippen LogP contribution in [0, 0.1) is 0 Å². The third-order valence-electron chi connectivity index (χ3n) is 12.1. The molecule has 7 aromatic carbocycles. The fourth-order valence-corrected chi connectivity index (χ4v) is 9.32. The number of hydrogen-bond donors (Lipinski definition) is 0. The van der Waals surface area contributed by atoms with Gasteiger partial charge in [-0.25, -0.2) is 0 Å². The molecule has 0 saturated heterocycles. The molecule has 0 radical (unpaired) electrons. The molecule has 7 aromatic rings. The van der Waals surface area contributed by atoms with Gasteiger partial charge in [0.2, 0.25) is 0 Å². The number of benzene rings is 7. The number of allylic oxidation sites excluding steroid dienone is 4. The van der Waals surface area contributed by atoms with Crippen LogP contribution in [0.1, 0.15) is 55.5 Å². The number of anilines is 3. The standard InChI is InChI=1S/C54H44ClN/c1-7-13-35(8-2)37-18-25-41(26-19-37)56(42-27-20-38(21-28-42)36-14-10-9-11-15-36)43-29-22-39(23-30-43)40-24-31-44-45-33-50-46(34-49(45)54(5,6)48(44)32-40)52-47(53(50,3)4)16-12-17-51(52)55/h7-34H,1-2H2,3-6H3/b35-13+. The maximum Gasteiger partial charge on any atom is 0.0487 e. The maximum absolute atomic E-state index is 6.88. The van der Waals surface area contributed by atoms with Gasteiger partial charge in [0.25, 0.3) is 0 Å². The Morgan fingerprint density at radius 2 is 1.02 bits per heavy atom. The molecule has 0 heterocycles. The predicted molar refractivity (Wildman–Crippen MR) is 241 cm³/mol. The van der Waals surface area contributed by atoms with E-state index in [1.54, 1.807) is 6.08 Å². The minimum Gasteiger partial charge on any atom is -0.311 e. The number of hydrogen-bond acceptors (Lipinski definition) is 1. The van der Waals surface area contributed by atoms with Crippen LogP contribution < -0.4 is 4.90 Å². The van der Waals surface area contributed by atoms with Gasteiger partial charge in [0.15, 0.2) is 0 Å². The first-order chi connectivity index (χ1) is 27.1. The van der Waals surface area contributed by atoms with Gasteiger partial charge in [0, 0.05) is 38.5 Å². The van der Waals surface area contributed by atoms with E-state index in [9.17, 15) is 0 Å². The lowest BCUT2D eigenvalue weighted by Crippen LogP contribution is -2.17. The van der Waals surface area contributed by atoms with E-state index in [4.69, 9.17) is 11.6 Å². The van der Waals surface area contributed by atoms with Crippen LogP contribution in [0.2, 0.25) is 5.02 Å². The minimum absolute atomic E-state index is 0.115. The molecule has 56 heavy (non-hydrogen) atoms. The second-order valence-electron chi connectivity index (χ2n) is 16.0. The Hall–Kier alpha value is -6.15. The van der Waals surface area contributed by atoms with Gasteiger partial charge in [0.05, 0.1) is 0 Å². The molecule has 2 heteroatoms. The summed E-state index contributed by atoms with van der Waals surface area (Å²) in [5.41, 5.74) is 20.4. The summed E-state index contributed by atoms with van der Waals surface area (Å²) in [5, 5.41) is 0.829. The van der Waals surface area contributed by atoms with Crippen molar-refractivity contribution < 1.29 is 0 Å². The quantitative estimate of drug-likeness (QED) is 0.140. The average Bonchev–Trinajstić information content (AvgIpc) is 3.59. The van der Waals surface area contributed by atoms with Crippen LogP contribution in [-0.2, 0) is 10.8 Å². The smallest absolute Gasteiger partial charge is 0.0487 e. The second kappa shape index (κ2) is 13.6. The highest BCUT2D eigenvalue weighted by Crippen LogP contribution is 2.57. The molecule has 1 nitrogen and oxygen atoms in total. The lowest BCUT2D eigenvalue weighted by atomic mass is 9.79. The Morgan fingerprint density at radius 3 is 1.64 bits per heavy atom. The average molecular weight is 742 g/mol. The number of halogens is 1. The van der Waals surface area contributed by atoms with Crippen molar-refractivity contribution >= 4 is 34.2 Å². The lowest BCUT2D eigenvalue weighted by molar-refractivity contribution is 0.652. The number of nitrogens with zero attached hydrogens (tertiary/aromatic N) is 1. The molecule has 0 atom stereocenters. The zero-order valence-corrected chi connectivity index (χ0v) is 33.2. The van der Waals surface area contributed by atoms with E-state index in [1.807, 2.05) is 18.2 Å². The summed E-state index contributed by atoms with van der Waals surface area (Å²) in [6.07, 6.45) is 5.66. The van der Waals surface area contributed by atoms with Crippen LogP contribution >= 0.6 is 11.6 Å². The first kappa shape index (κ1) is 35.5. The van der Waals surface area contributed by atoms with Crippen LogP contribution in [0.25, 0.3) is 50.1 Å². The highest BCUT2D eigenvalue weighted by atomic mass is 35.5. The van der Waals surface area contributed by atoms with Crippen LogP contribution in [0.3, 0.4) is 0 Å². The Balaban J connectivity index is 1.07. The van der Waals surface area contributed by atoms with Crippen molar-refractivity contribution in [2.75, 3.05) is 4.90 Å². The summed E-state index contributed by atoms with van der Waals surface area (Å²) < 4.78 is 0. The Labute approximate surface area is 336 Å². The first-order valence-corrected chi connectivity index (χ1v) is 19.7. The Bertz CT molecular complexity index is 2690. The summed E-state index contributed by atoms with van der Waals surface area (Å²) >= 11 is 6.88. The van der Waals surface area contributed by atoms with Gasteiger partial charge in [-0.15, -0.1) is 0 Å². The Morgan fingerprint density at radius 1 is 0.500 bits per heavy atom. The largest absolute Gasteiger partial charge is 0.311 e. The van der Waals surface area contributed by atoms with Crippen LogP contribution in [-0.4, -0.2) is 0 Å². The van der Waals surface area contributed by atoms with Crippen molar-refractivity contribution in [3.05, 3.63) is 216 Å². The van der Waals surface area contributed by atoms with E-state index < -0.39 is 0 Å². The minimum atomic E-state index is -0.162. The van der Waals surface area contributed by atoms with Crippen molar-refractivity contribution in [1.29, 1.82) is 0 Å². The topological polar surface area (TPSA) is 3.24 Å². The molecule has 2 aliphatic rings. The molecule has 0 aromatic heterocycles. The summed E-state index contributed by atoms with van der Waals surface area (Å²) in [6, 6.07) is 55.3. The summed E-state index contributed by atoms with van der Waals surface area (Å²) in [6.45, 7) is 17.3. The van der Waals surface area contributed by atoms with Gasteiger partial charge in [0.1, 0.15) is 0 Å². The van der Waals surface area contributed by atoms with Gasteiger partial charge < -0.3 is 4.90 Å². The molecule has 2 aliphatic carbocycles. The monoisotopic (exact) mass is 741 g/mol. The van der Waals surface area contributed by atoms with E-state index in [0.717, 1.165) is 33.2 Å². The molecule has 0 amide bonds. The normalized spacial score (nSPS) is 14.3. The summed E-state index contributed by atoms with van der Waals surface area (Å²) in [7, 11) is 0. The van der Waals surface area contributed by atoms with E-state index in [-0.39, 0.29) is 10.8 Å². The summed E-state index contributed by atoms with van der Waals surface area (Å²) in [5.74, 6) is 0. The summed E-state index contributed by atoms with van der Waals surface area (Å²) in [4.78, 5) is 2.32. The molecular formula is C54H44ClN. The lowest BCUT2D eigenvalue weighted by Gasteiger charge is -2.26. The van der Waals surface area contributed by atoms with E-state index >= 15 is 0 Å². The van der Waals surface area contributed by atoms with Gasteiger partial charge in [-0.05, 0) is 133 Å². The molecule has 0 spiro atoms. The van der Waals surface area contributed by atoms with Crippen molar-refractivity contribution in [2.24, 2.45) is 0 Å². The molecule has 0 aliphatic heterocycles. The molecule has 0 fully saturated rings. The number of rotatable bonds is 8. The Kier molecular flexibility index (Phi) is 8.60. The zero-order valence-electron chi connectivity index (χ0n) is 32.4. The van der Waals surface area contributed by atoms with E-state index in [2.05, 4.69) is 191 Å². The van der Waals surface area contributed by atoms with Crippen molar-refractivity contribution in [2.45, 2.75) is 38.5 Å². The third kappa shape index (κ3) is 5.69. The zero-order chi connectivity index (χ0) is 38.8. The second-order valence-corrected chi connectivity index (χ2v) is 16.4. The van der Waals surface area contributed by atoms with Crippen molar-refractivity contribution in [1.82, 2.24) is 0 Å². The molecule has 0 saturated carbocycles. The SMILES string of the molecule is C=C/C=C(\C=C)c1ccc(N(c2ccc(-c3ccccc3)cc2)c2ccc(-c3ccc4c(c3)C(C)(C)c3cc5c(cc3-4)C(C)(C)c3cccc(Cl)c3-5)cc2)cc1. The van der Waals surface area contributed by atoms with E-state index in [1.165, 1.54) is 66.8 Å². The van der Waals surface area contributed by atoms with Crippen LogP contribution in [0.5, 0.6) is 0 Å². The fourth-order valence-electron chi connectivity index (χ4n) is 9.04. The maximum atomic E-state index is 6.88. The molecule has 9 rings (SSSR count). The highest BCUT2D eigenvalue weighted by molar-refractivity contribution is 6.34. The van der Waals surface area contributed by atoms with Crippen molar-refractivity contribution in [3.8, 4) is 44.5 Å². The van der Waals surface area contributed by atoms with Crippen LogP contribution in [0.15, 0.2) is 183 Å². The third-order valence-corrected chi connectivity index (χ3v) is 12.4. The first-order valence-electron chi connectivity index (χ1n) is 19.3.